The Morgan fingerprint density at radius 2 is 1.80 bits per heavy atom. The average Bonchev–Trinajstić information content (AvgIpc) is 3.33. The number of para-hydroxylation sites is 1. The second-order valence-electron chi connectivity index (χ2n) is 7.68. The maximum atomic E-state index is 5.51. The lowest BCUT2D eigenvalue weighted by Gasteiger charge is -2.34. The molecule has 1 atom stereocenters. The van der Waals surface area contributed by atoms with Crippen molar-refractivity contribution in [3.8, 4) is 0 Å². The second kappa shape index (κ2) is 7.16. The first-order chi connectivity index (χ1) is 12.2. The molecule has 0 radical (unpaired) electrons. The summed E-state index contributed by atoms with van der Waals surface area (Å²) in [6.45, 7) is 8.79. The monoisotopic (exact) mass is 340 g/mol. The van der Waals surface area contributed by atoms with Crippen LogP contribution in [0.15, 0.2) is 34.9 Å². The number of aromatic nitrogens is 2. The van der Waals surface area contributed by atoms with Gasteiger partial charge in [-0.15, -0.1) is 0 Å². The zero-order chi connectivity index (χ0) is 17.2. The Labute approximate surface area is 150 Å². The molecule has 3 heterocycles. The molecule has 134 valence electrons. The summed E-state index contributed by atoms with van der Waals surface area (Å²) in [4.78, 5) is 9.79. The van der Waals surface area contributed by atoms with Crippen LogP contribution in [0.5, 0.6) is 0 Å². The molecule has 2 aromatic rings. The van der Waals surface area contributed by atoms with Gasteiger partial charge in [-0.05, 0) is 44.5 Å². The van der Waals surface area contributed by atoms with Crippen LogP contribution < -0.4 is 4.90 Å². The van der Waals surface area contributed by atoms with Gasteiger partial charge in [-0.2, -0.15) is 4.98 Å². The standard InChI is InChI=1S/C20H28N4O/c1-15(2)19-21-20(25-22-19)16-8-11-23(12-9-16)18-10-13-24(14-18)17-6-4-3-5-7-17/h3-7,15-16,18H,8-14H2,1-2H3/t18-/m0/s1. The normalized spacial score (nSPS) is 22.8. The summed E-state index contributed by atoms with van der Waals surface area (Å²) in [6, 6.07) is 11.5. The van der Waals surface area contributed by atoms with Crippen molar-refractivity contribution >= 4 is 5.69 Å². The Kier molecular flexibility index (Phi) is 4.75. The van der Waals surface area contributed by atoms with Crippen molar-refractivity contribution in [2.45, 2.75) is 51.0 Å². The van der Waals surface area contributed by atoms with E-state index in [0.29, 0.717) is 17.9 Å². The van der Waals surface area contributed by atoms with Crippen LogP contribution in [0, 0.1) is 0 Å². The summed E-state index contributed by atoms with van der Waals surface area (Å²) >= 11 is 0. The van der Waals surface area contributed by atoms with E-state index in [1.54, 1.807) is 0 Å². The van der Waals surface area contributed by atoms with Gasteiger partial charge in [0.25, 0.3) is 0 Å². The van der Waals surface area contributed by atoms with Crippen molar-refractivity contribution in [3.63, 3.8) is 0 Å². The topological polar surface area (TPSA) is 45.4 Å². The Balaban J connectivity index is 1.31. The highest BCUT2D eigenvalue weighted by Crippen LogP contribution is 2.31. The molecule has 1 aromatic heterocycles. The fourth-order valence-corrected chi connectivity index (χ4v) is 4.07. The van der Waals surface area contributed by atoms with Crippen LogP contribution in [0.1, 0.15) is 56.7 Å². The molecule has 0 aliphatic carbocycles. The van der Waals surface area contributed by atoms with E-state index < -0.39 is 0 Å². The third-order valence-corrected chi connectivity index (χ3v) is 5.65. The smallest absolute Gasteiger partial charge is 0.229 e. The van der Waals surface area contributed by atoms with Gasteiger partial charge < -0.3 is 9.42 Å². The van der Waals surface area contributed by atoms with E-state index in [-0.39, 0.29) is 0 Å². The predicted molar refractivity (Wildman–Crippen MR) is 99.0 cm³/mol. The third-order valence-electron chi connectivity index (χ3n) is 5.65. The molecule has 5 heteroatoms. The third kappa shape index (κ3) is 3.56. The molecule has 2 aliphatic rings. The van der Waals surface area contributed by atoms with E-state index in [4.69, 9.17) is 4.52 Å². The molecule has 0 bridgehead atoms. The molecule has 25 heavy (non-hydrogen) atoms. The van der Waals surface area contributed by atoms with Crippen molar-refractivity contribution in [2.24, 2.45) is 0 Å². The molecule has 2 saturated heterocycles. The van der Waals surface area contributed by atoms with Crippen LogP contribution in [-0.2, 0) is 0 Å². The summed E-state index contributed by atoms with van der Waals surface area (Å²) < 4.78 is 5.51. The van der Waals surface area contributed by atoms with Gasteiger partial charge in [0.1, 0.15) is 0 Å². The summed E-state index contributed by atoms with van der Waals surface area (Å²) in [6.07, 6.45) is 3.51. The van der Waals surface area contributed by atoms with Crippen LogP contribution in [-0.4, -0.2) is 47.3 Å². The van der Waals surface area contributed by atoms with Crippen molar-refractivity contribution in [1.82, 2.24) is 15.0 Å². The Morgan fingerprint density at radius 1 is 1.04 bits per heavy atom. The number of anilines is 1. The molecule has 5 nitrogen and oxygen atoms in total. The average molecular weight is 340 g/mol. The fourth-order valence-electron chi connectivity index (χ4n) is 4.07. The Hall–Kier alpha value is -1.88. The van der Waals surface area contributed by atoms with Gasteiger partial charge >= 0.3 is 0 Å². The highest BCUT2D eigenvalue weighted by molar-refractivity contribution is 5.47. The van der Waals surface area contributed by atoms with Crippen molar-refractivity contribution < 1.29 is 4.52 Å². The minimum Gasteiger partial charge on any atom is -0.370 e. The van der Waals surface area contributed by atoms with Crippen molar-refractivity contribution in [3.05, 3.63) is 42.0 Å². The van der Waals surface area contributed by atoms with Gasteiger partial charge in [-0.3, -0.25) is 4.90 Å². The van der Waals surface area contributed by atoms with Crippen LogP contribution >= 0.6 is 0 Å². The van der Waals surface area contributed by atoms with Crippen LogP contribution in [0.25, 0.3) is 0 Å². The summed E-state index contributed by atoms with van der Waals surface area (Å²) in [7, 11) is 0. The molecule has 1 aromatic carbocycles. The maximum Gasteiger partial charge on any atom is 0.229 e. The highest BCUT2D eigenvalue weighted by Gasteiger charge is 2.32. The van der Waals surface area contributed by atoms with Gasteiger partial charge in [-0.1, -0.05) is 37.2 Å². The van der Waals surface area contributed by atoms with E-state index in [9.17, 15) is 0 Å². The lowest BCUT2D eigenvalue weighted by Crippen LogP contribution is -2.42. The fraction of sp³-hybridized carbons (Fsp3) is 0.600. The van der Waals surface area contributed by atoms with Gasteiger partial charge in [0.05, 0.1) is 0 Å². The molecule has 0 amide bonds. The van der Waals surface area contributed by atoms with Crippen molar-refractivity contribution in [2.75, 3.05) is 31.1 Å². The first-order valence-electron chi connectivity index (χ1n) is 9.58. The summed E-state index contributed by atoms with van der Waals surface area (Å²) in [5, 5.41) is 4.12. The predicted octanol–water partition coefficient (Wildman–Crippen LogP) is 3.65. The first kappa shape index (κ1) is 16.6. The van der Waals surface area contributed by atoms with Crippen LogP contribution in [0.2, 0.25) is 0 Å². The number of likely N-dealkylation sites (tertiary alicyclic amines) is 1. The van der Waals surface area contributed by atoms with E-state index in [2.05, 4.69) is 64.1 Å². The van der Waals surface area contributed by atoms with Crippen molar-refractivity contribution in [1.29, 1.82) is 0 Å². The second-order valence-corrected chi connectivity index (χ2v) is 7.68. The minimum atomic E-state index is 0.333. The van der Waals surface area contributed by atoms with Gasteiger partial charge in [0.15, 0.2) is 5.82 Å². The Bertz CT molecular complexity index is 676. The van der Waals surface area contributed by atoms with Gasteiger partial charge in [0.2, 0.25) is 5.89 Å². The minimum absolute atomic E-state index is 0.333. The SMILES string of the molecule is CC(C)c1noc(C2CCN([C@H]3CCN(c4ccccc4)C3)CC2)n1. The molecule has 0 unspecified atom stereocenters. The molecule has 2 fully saturated rings. The molecule has 0 spiro atoms. The molecule has 0 N–H and O–H groups in total. The molecule has 2 aliphatic heterocycles. The van der Waals surface area contributed by atoms with E-state index in [1.165, 1.54) is 12.1 Å². The number of hydrogen-bond donors (Lipinski definition) is 0. The van der Waals surface area contributed by atoms with Crippen LogP contribution in [0.4, 0.5) is 5.69 Å². The largest absolute Gasteiger partial charge is 0.370 e. The molecule has 4 rings (SSSR count). The molecular weight excluding hydrogens is 312 g/mol. The number of hydrogen-bond acceptors (Lipinski definition) is 5. The number of nitrogens with zero attached hydrogens (tertiary/aromatic N) is 4. The van der Waals surface area contributed by atoms with E-state index in [0.717, 1.165) is 50.7 Å². The molecule has 0 saturated carbocycles. The maximum absolute atomic E-state index is 5.51. The highest BCUT2D eigenvalue weighted by atomic mass is 16.5. The summed E-state index contributed by atoms with van der Waals surface area (Å²) in [5.74, 6) is 2.45. The quantitative estimate of drug-likeness (QED) is 0.850. The van der Waals surface area contributed by atoms with E-state index in [1.807, 2.05) is 0 Å². The zero-order valence-electron chi connectivity index (χ0n) is 15.3. The number of rotatable bonds is 4. The molecular formula is C20H28N4O. The first-order valence-corrected chi connectivity index (χ1v) is 9.58. The number of benzene rings is 1. The lowest BCUT2D eigenvalue weighted by molar-refractivity contribution is 0.151. The van der Waals surface area contributed by atoms with Gasteiger partial charge in [-0.25, -0.2) is 0 Å². The zero-order valence-corrected chi connectivity index (χ0v) is 15.3. The van der Waals surface area contributed by atoms with Crippen LogP contribution in [0.3, 0.4) is 0 Å². The Morgan fingerprint density at radius 3 is 2.48 bits per heavy atom. The number of piperidine rings is 1. The van der Waals surface area contributed by atoms with Gasteiger partial charge in [0, 0.05) is 36.7 Å². The lowest BCUT2D eigenvalue weighted by atomic mass is 9.95. The summed E-state index contributed by atoms with van der Waals surface area (Å²) in [5.41, 5.74) is 1.35. The van der Waals surface area contributed by atoms with E-state index >= 15 is 0 Å².